The molecule has 0 aliphatic rings. The molecule has 0 aliphatic carbocycles. The predicted octanol–water partition coefficient (Wildman–Crippen LogP) is 1.65. The molecule has 1 aromatic heterocycles. The summed E-state index contributed by atoms with van der Waals surface area (Å²) in [6.45, 7) is 1.08. The number of nitrogens with zero attached hydrogens (tertiary/aromatic N) is 2. The largest absolute Gasteiger partial charge is 0.381 e. The van der Waals surface area contributed by atoms with Crippen molar-refractivity contribution < 1.29 is 4.39 Å². The van der Waals surface area contributed by atoms with Crippen LogP contribution in [0.1, 0.15) is 0 Å². The highest BCUT2D eigenvalue weighted by molar-refractivity contribution is 5.73. The summed E-state index contributed by atoms with van der Waals surface area (Å²) >= 11 is 0. The maximum absolute atomic E-state index is 13.7. The predicted molar refractivity (Wildman–Crippen MR) is 65.0 cm³/mol. The fourth-order valence-electron chi connectivity index (χ4n) is 1.53. The first-order valence-corrected chi connectivity index (χ1v) is 5.32. The van der Waals surface area contributed by atoms with Crippen molar-refractivity contribution in [3.8, 4) is 11.3 Å². The zero-order valence-electron chi connectivity index (χ0n) is 9.23. The van der Waals surface area contributed by atoms with Gasteiger partial charge in [-0.15, -0.1) is 0 Å². The Kier molecular flexibility index (Phi) is 3.62. The third-order valence-corrected chi connectivity index (χ3v) is 2.30. The van der Waals surface area contributed by atoms with Crippen molar-refractivity contribution in [2.75, 3.05) is 18.4 Å². The van der Waals surface area contributed by atoms with Crippen LogP contribution in [0.3, 0.4) is 0 Å². The second-order valence-corrected chi connectivity index (χ2v) is 3.48. The van der Waals surface area contributed by atoms with E-state index in [1.807, 2.05) is 0 Å². The van der Waals surface area contributed by atoms with Crippen molar-refractivity contribution in [1.29, 1.82) is 0 Å². The Morgan fingerprint density at radius 2 is 2.12 bits per heavy atom. The van der Waals surface area contributed by atoms with Crippen molar-refractivity contribution in [2.24, 2.45) is 5.73 Å². The molecule has 2 aromatic rings. The third kappa shape index (κ3) is 2.57. The summed E-state index contributed by atoms with van der Waals surface area (Å²) in [5, 5.41) is 3.07. The van der Waals surface area contributed by atoms with E-state index in [1.165, 1.54) is 12.4 Å². The van der Waals surface area contributed by atoms with Crippen molar-refractivity contribution in [3.05, 3.63) is 42.6 Å². The van der Waals surface area contributed by atoms with Crippen molar-refractivity contribution >= 4 is 5.69 Å². The van der Waals surface area contributed by atoms with Crippen LogP contribution in [0.25, 0.3) is 11.3 Å². The number of nitrogens with two attached hydrogens (primary N) is 1. The van der Waals surface area contributed by atoms with Crippen LogP contribution in [0.2, 0.25) is 0 Å². The first-order chi connectivity index (χ1) is 8.33. The van der Waals surface area contributed by atoms with Gasteiger partial charge in [0, 0.05) is 18.7 Å². The summed E-state index contributed by atoms with van der Waals surface area (Å²) in [6.07, 6.45) is 3.01. The molecule has 0 bridgehead atoms. The van der Waals surface area contributed by atoms with Crippen molar-refractivity contribution in [3.63, 3.8) is 0 Å². The Bertz CT molecular complexity index is 501. The molecule has 2 rings (SSSR count). The molecule has 1 aromatic carbocycles. The van der Waals surface area contributed by atoms with Crippen LogP contribution in [0.5, 0.6) is 0 Å². The number of anilines is 1. The van der Waals surface area contributed by atoms with Gasteiger partial charge in [0.05, 0.1) is 17.6 Å². The zero-order chi connectivity index (χ0) is 12.1. The Morgan fingerprint density at radius 3 is 2.88 bits per heavy atom. The van der Waals surface area contributed by atoms with E-state index in [1.54, 1.807) is 24.4 Å². The minimum Gasteiger partial charge on any atom is -0.381 e. The molecular weight excluding hydrogens is 219 g/mol. The van der Waals surface area contributed by atoms with Gasteiger partial charge >= 0.3 is 0 Å². The summed E-state index contributed by atoms with van der Waals surface area (Å²) < 4.78 is 13.7. The number of benzene rings is 1. The highest BCUT2D eigenvalue weighted by Crippen LogP contribution is 2.26. The summed E-state index contributed by atoms with van der Waals surface area (Å²) in [7, 11) is 0. The molecule has 0 fully saturated rings. The lowest BCUT2D eigenvalue weighted by atomic mass is 10.1. The van der Waals surface area contributed by atoms with Crippen LogP contribution in [0.4, 0.5) is 10.1 Å². The Labute approximate surface area is 98.7 Å². The molecule has 3 N–H and O–H groups in total. The molecule has 0 spiro atoms. The molecular formula is C12H13FN4. The maximum Gasteiger partial charge on any atom is 0.132 e. The van der Waals surface area contributed by atoms with Crippen LogP contribution >= 0.6 is 0 Å². The molecule has 0 amide bonds. The third-order valence-electron chi connectivity index (χ3n) is 2.30. The maximum atomic E-state index is 13.7. The average Bonchev–Trinajstić information content (AvgIpc) is 2.37. The average molecular weight is 232 g/mol. The summed E-state index contributed by atoms with van der Waals surface area (Å²) in [6, 6.07) is 6.51. The van der Waals surface area contributed by atoms with Crippen molar-refractivity contribution in [2.45, 2.75) is 0 Å². The van der Waals surface area contributed by atoms with E-state index >= 15 is 0 Å². The van der Waals surface area contributed by atoms with Crippen LogP contribution in [-0.2, 0) is 0 Å². The van der Waals surface area contributed by atoms with E-state index in [0.29, 0.717) is 30.0 Å². The minimum absolute atomic E-state index is 0.304. The lowest BCUT2D eigenvalue weighted by molar-refractivity contribution is 0.630. The van der Waals surface area contributed by atoms with Crippen LogP contribution in [0.15, 0.2) is 36.8 Å². The normalized spacial score (nSPS) is 10.2. The van der Waals surface area contributed by atoms with Gasteiger partial charge in [0.15, 0.2) is 0 Å². The Morgan fingerprint density at radius 1 is 1.29 bits per heavy atom. The number of rotatable bonds is 4. The van der Waals surface area contributed by atoms with Gasteiger partial charge in [-0.25, -0.2) is 14.4 Å². The monoisotopic (exact) mass is 232 g/mol. The number of aromatic nitrogens is 2. The molecule has 1 heterocycles. The molecule has 88 valence electrons. The van der Waals surface area contributed by atoms with Gasteiger partial charge < -0.3 is 11.1 Å². The second-order valence-electron chi connectivity index (χ2n) is 3.48. The van der Waals surface area contributed by atoms with Gasteiger partial charge in [-0.2, -0.15) is 0 Å². The second kappa shape index (κ2) is 5.36. The fraction of sp³-hybridized carbons (Fsp3) is 0.167. The molecule has 0 radical (unpaired) electrons. The van der Waals surface area contributed by atoms with Gasteiger partial charge in [0.1, 0.15) is 12.1 Å². The van der Waals surface area contributed by atoms with Crippen molar-refractivity contribution in [1.82, 2.24) is 9.97 Å². The molecule has 0 aliphatic heterocycles. The first kappa shape index (κ1) is 11.5. The molecule has 0 atom stereocenters. The SMILES string of the molecule is NCCNc1cncnc1-c1ccccc1F. The van der Waals surface area contributed by atoms with E-state index < -0.39 is 0 Å². The summed E-state index contributed by atoms with van der Waals surface area (Å²) in [4.78, 5) is 8.02. The Balaban J connectivity index is 2.41. The molecule has 0 saturated carbocycles. The highest BCUT2D eigenvalue weighted by atomic mass is 19.1. The number of nitrogens with one attached hydrogen (secondary N) is 1. The van der Waals surface area contributed by atoms with Gasteiger partial charge in [0.25, 0.3) is 0 Å². The van der Waals surface area contributed by atoms with E-state index in [-0.39, 0.29) is 5.82 Å². The smallest absolute Gasteiger partial charge is 0.132 e. The van der Waals surface area contributed by atoms with E-state index in [9.17, 15) is 4.39 Å². The molecule has 5 heteroatoms. The first-order valence-electron chi connectivity index (χ1n) is 5.32. The number of hydrogen-bond acceptors (Lipinski definition) is 4. The van der Waals surface area contributed by atoms with Gasteiger partial charge in [0.2, 0.25) is 0 Å². The fourth-order valence-corrected chi connectivity index (χ4v) is 1.53. The van der Waals surface area contributed by atoms with Crippen LogP contribution in [-0.4, -0.2) is 23.1 Å². The summed E-state index contributed by atoms with van der Waals surface area (Å²) in [5.41, 5.74) is 7.10. The van der Waals surface area contributed by atoms with Gasteiger partial charge in [-0.05, 0) is 12.1 Å². The molecule has 4 nitrogen and oxygen atoms in total. The molecule has 0 saturated heterocycles. The Hall–Kier alpha value is -2.01. The zero-order valence-corrected chi connectivity index (χ0v) is 9.23. The quantitative estimate of drug-likeness (QED) is 0.841. The standard InChI is InChI=1S/C12H13FN4/c13-10-4-2-1-3-9(10)12-11(16-6-5-14)7-15-8-17-12/h1-4,7-8,16H,5-6,14H2. The minimum atomic E-state index is -0.304. The van der Waals surface area contributed by atoms with E-state index in [4.69, 9.17) is 5.73 Å². The van der Waals surface area contributed by atoms with E-state index in [2.05, 4.69) is 15.3 Å². The van der Waals surface area contributed by atoms with Gasteiger partial charge in [-0.1, -0.05) is 12.1 Å². The number of halogens is 1. The molecule has 0 unspecified atom stereocenters. The highest BCUT2D eigenvalue weighted by Gasteiger charge is 2.10. The van der Waals surface area contributed by atoms with E-state index in [0.717, 1.165) is 0 Å². The topological polar surface area (TPSA) is 63.8 Å². The van der Waals surface area contributed by atoms with Crippen LogP contribution < -0.4 is 11.1 Å². The van der Waals surface area contributed by atoms with Gasteiger partial charge in [-0.3, -0.25) is 0 Å². The lowest BCUT2D eigenvalue weighted by Crippen LogP contribution is -2.14. The number of hydrogen-bond donors (Lipinski definition) is 2. The van der Waals surface area contributed by atoms with Crippen LogP contribution in [0, 0.1) is 5.82 Å². The lowest BCUT2D eigenvalue weighted by Gasteiger charge is -2.10. The molecule has 17 heavy (non-hydrogen) atoms. The summed E-state index contributed by atoms with van der Waals surface area (Å²) in [5.74, 6) is -0.304.